The van der Waals surface area contributed by atoms with Crippen LogP contribution in [-0.4, -0.2) is 55.4 Å². The Morgan fingerprint density at radius 2 is 2.08 bits per heavy atom. The standard InChI is InChI=1S/C26H24F2N6O2/c1-14-31-21-5-4-19(11-22(21)32-14)34-24(29)20(12-30-34)23(35)18-8-15-2-3-16(9-17(15)10-18)25(36)33-7-6-26(27,28)13-33/h2-5,9-12,15,17H,6-8,13,29H2,1H3,(H,31,32). The zero-order valence-electron chi connectivity index (χ0n) is 19.5. The summed E-state index contributed by atoms with van der Waals surface area (Å²) in [5, 5.41) is 4.35. The topological polar surface area (TPSA) is 110 Å². The van der Waals surface area contributed by atoms with E-state index in [9.17, 15) is 18.4 Å². The number of hydrogen-bond acceptors (Lipinski definition) is 5. The predicted molar refractivity (Wildman–Crippen MR) is 130 cm³/mol. The van der Waals surface area contributed by atoms with Gasteiger partial charge in [0, 0.05) is 24.5 Å². The van der Waals surface area contributed by atoms with E-state index in [1.54, 1.807) is 12.2 Å². The molecule has 2 unspecified atom stereocenters. The number of allylic oxidation sites excluding steroid dienone is 4. The number of alkyl halides is 2. The molecule has 0 spiro atoms. The number of nitrogen functional groups attached to an aromatic ring is 1. The number of hydrogen-bond donors (Lipinski definition) is 2. The molecule has 0 saturated carbocycles. The number of H-pyrrole nitrogens is 1. The Balaban J connectivity index is 1.22. The molecule has 10 heteroatoms. The van der Waals surface area contributed by atoms with Crippen LogP contribution in [0.2, 0.25) is 0 Å². The van der Waals surface area contributed by atoms with E-state index in [1.807, 2.05) is 37.3 Å². The highest BCUT2D eigenvalue weighted by atomic mass is 19.3. The lowest BCUT2D eigenvalue weighted by atomic mass is 9.87. The third kappa shape index (κ3) is 3.73. The van der Waals surface area contributed by atoms with Gasteiger partial charge in [0.1, 0.15) is 11.6 Å². The first-order chi connectivity index (χ1) is 17.2. The van der Waals surface area contributed by atoms with Crippen molar-refractivity contribution in [2.45, 2.75) is 25.7 Å². The van der Waals surface area contributed by atoms with Crippen LogP contribution in [-0.2, 0) is 4.79 Å². The number of halogens is 2. The monoisotopic (exact) mass is 490 g/mol. The Morgan fingerprint density at radius 3 is 2.86 bits per heavy atom. The molecule has 184 valence electrons. The fraction of sp³-hybridized carbons (Fsp3) is 0.308. The summed E-state index contributed by atoms with van der Waals surface area (Å²) in [6, 6.07) is 5.58. The van der Waals surface area contributed by atoms with E-state index in [-0.39, 0.29) is 36.4 Å². The molecule has 6 rings (SSSR count). The van der Waals surface area contributed by atoms with Gasteiger partial charge in [-0.1, -0.05) is 24.3 Å². The van der Waals surface area contributed by atoms with Gasteiger partial charge in [-0.05, 0) is 43.0 Å². The number of nitrogens with one attached hydrogen (secondary N) is 1. The molecule has 0 radical (unpaired) electrons. The van der Waals surface area contributed by atoms with Crippen LogP contribution in [0, 0.1) is 18.8 Å². The number of aromatic nitrogens is 4. The van der Waals surface area contributed by atoms with Crippen LogP contribution in [0.15, 0.2) is 59.8 Å². The zero-order chi connectivity index (χ0) is 25.2. The second kappa shape index (κ2) is 7.97. The van der Waals surface area contributed by atoms with Crippen molar-refractivity contribution in [3.05, 3.63) is 71.2 Å². The predicted octanol–water partition coefficient (Wildman–Crippen LogP) is 3.75. The van der Waals surface area contributed by atoms with Crippen LogP contribution in [0.25, 0.3) is 16.7 Å². The van der Waals surface area contributed by atoms with Crippen molar-refractivity contribution >= 4 is 28.5 Å². The van der Waals surface area contributed by atoms with Crippen molar-refractivity contribution in [2.75, 3.05) is 18.8 Å². The third-order valence-electron chi connectivity index (χ3n) is 7.11. The lowest BCUT2D eigenvalue weighted by Crippen LogP contribution is -2.32. The molecule has 3 aromatic rings. The molecule has 36 heavy (non-hydrogen) atoms. The van der Waals surface area contributed by atoms with Gasteiger partial charge < -0.3 is 15.6 Å². The fourth-order valence-electron chi connectivity index (χ4n) is 5.24. The number of aromatic amines is 1. The molecule has 1 amide bonds. The van der Waals surface area contributed by atoms with Crippen LogP contribution >= 0.6 is 0 Å². The van der Waals surface area contributed by atoms with Gasteiger partial charge in [0.15, 0.2) is 5.78 Å². The number of anilines is 1. The van der Waals surface area contributed by atoms with Gasteiger partial charge in [0.05, 0.1) is 35.0 Å². The van der Waals surface area contributed by atoms with E-state index in [1.165, 1.54) is 15.8 Å². The van der Waals surface area contributed by atoms with Crippen molar-refractivity contribution in [2.24, 2.45) is 11.8 Å². The first kappa shape index (κ1) is 22.4. The highest BCUT2D eigenvalue weighted by Gasteiger charge is 2.41. The van der Waals surface area contributed by atoms with E-state index in [0.29, 0.717) is 28.8 Å². The summed E-state index contributed by atoms with van der Waals surface area (Å²) in [5.74, 6) is -2.53. The summed E-state index contributed by atoms with van der Waals surface area (Å²) < 4.78 is 28.6. The number of Topliss-reactive ketones (excluding diaryl/α,β-unsaturated/α-hetero) is 1. The summed E-state index contributed by atoms with van der Waals surface area (Å²) >= 11 is 0. The number of carbonyl (C=O) groups excluding carboxylic acids is 2. The van der Waals surface area contributed by atoms with Crippen molar-refractivity contribution in [1.82, 2.24) is 24.6 Å². The molecule has 3 heterocycles. The highest BCUT2D eigenvalue weighted by Crippen LogP contribution is 2.39. The number of rotatable bonds is 4. The van der Waals surface area contributed by atoms with Gasteiger partial charge in [0.2, 0.25) is 0 Å². The van der Waals surface area contributed by atoms with Gasteiger partial charge in [-0.25, -0.2) is 18.4 Å². The van der Waals surface area contributed by atoms with Crippen LogP contribution in [0.4, 0.5) is 14.6 Å². The number of benzene rings is 1. The lowest BCUT2D eigenvalue weighted by molar-refractivity contribution is -0.127. The van der Waals surface area contributed by atoms with E-state index < -0.39 is 18.4 Å². The molecule has 1 aliphatic heterocycles. The molecular formula is C26H24F2N6O2. The molecule has 1 saturated heterocycles. The molecule has 2 aliphatic carbocycles. The summed E-state index contributed by atoms with van der Waals surface area (Å²) in [6.07, 6.45) is 8.85. The Bertz CT molecular complexity index is 1510. The Morgan fingerprint density at radius 1 is 1.25 bits per heavy atom. The van der Waals surface area contributed by atoms with Gasteiger partial charge >= 0.3 is 0 Å². The maximum absolute atomic E-state index is 13.6. The molecule has 0 bridgehead atoms. The number of ketones is 1. The number of likely N-dealkylation sites (tertiary alicyclic amines) is 1. The molecular weight excluding hydrogens is 466 g/mol. The molecule has 3 N–H and O–H groups in total. The Labute approximate surface area is 205 Å². The number of amides is 1. The maximum atomic E-state index is 13.6. The van der Waals surface area contributed by atoms with Gasteiger partial charge in [-0.2, -0.15) is 5.10 Å². The number of nitrogens with two attached hydrogens (primary N) is 1. The molecule has 3 aliphatic rings. The minimum absolute atomic E-state index is 0.0304. The smallest absolute Gasteiger partial charge is 0.267 e. The molecule has 1 aromatic carbocycles. The van der Waals surface area contributed by atoms with Gasteiger partial charge in [0.25, 0.3) is 11.8 Å². The summed E-state index contributed by atoms with van der Waals surface area (Å²) in [6.45, 7) is 1.36. The van der Waals surface area contributed by atoms with Crippen molar-refractivity contribution < 1.29 is 18.4 Å². The fourth-order valence-corrected chi connectivity index (χ4v) is 5.24. The Kier molecular flexibility index (Phi) is 4.96. The normalized spacial score (nSPS) is 22.6. The quantitative estimate of drug-likeness (QED) is 0.542. The second-order valence-corrected chi connectivity index (χ2v) is 9.66. The average molecular weight is 491 g/mol. The first-order valence-corrected chi connectivity index (χ1v) is 11.8. The van der Waals surface area contributed by atoms with Crippen molar-refractivity contribution in [3.8, 4) is 5.69 Å². The lowest BCUT2D eigenvalue weighted by Gasteiger charge is -2.22. The number of fused-ring (bicyclic) bond motifs is 2. The van der Waals surface area contributed by atoms with Crippen molar-refractivity contribution in [1.29, 1.82) is 0 Å². The summed E-state index contributed by atoms with van der Waals surface area (Å²) in [4.78, 5) is 34.8. The van der Waals surface area contributed by atoms with Crippen LogP contribution in [0.1, 0.15) is 29.0 Å². The number of aryl methyl sites for hydroxylation is 1. The minimum Gasteiger partial charge on any atom is -0.383 e. The molecule has 8 nitrogen and oxygen atoms in total. The van der Waals surface area contributed by atoms with Crippen molar-refractivity contribution in [3.63, 3.8) is 0 Å². The summed E-state index contributed by atoms with van der Waals surface area (Å²) in [7, 11) is 0. The zero-order valence-corrected chi connectivity index (χ0v) is 19.5. The van der Waals surface area contributed by atoms with E-state index in [0.717, 1.165) is 16.9 Å². The van der Waals surface area contributed by atoms with E-state index in [4.69, 9.17) is 5.73 Å². The molecule has 2 aromatic heterocycles. The molecule has 2 atom stereocenters. The first-order valence-electron chi connectivity index (χ1n) is 11.8. The third-order valence-corrected chi connectivity index (χ3v) is 7.11. The van der Waals surface area contributed by atoms with Crippen LogP contribution in [0.5, 0.6) is 0 Å². The highest BCUT2D eigenvalue weighted by molar-refractivity contribution is 6.12. The summed E-state index contributed by atoms with van der Waals surface area (Å²) in [5.41, 5.74) is 10.0. The Hall–Kier alpha value is -4.08. The van der Waals surface area contributed by atoms with E-state index in [2.05, 4.69) is 15.1 Å². The SMILES string of the molecule is Cc1nc2ccc(-n3ncc(C(=O)C4=CC5C=C(C(=O)N6CCC(F)(F)C6)C=CC5C4)c3N)cc2[nH]1. The van der Waals surface area contributed by atoms with Crippen LogP contribution < -0.4 is 5.73 Å². The average Bonchev–Trinajstić information content (AvgIpc) is 3.61. The maximum Gasteiger partial charge on any atom is 0.267 e. The number of carbonyl (C=O) groups is 2. The second-order valence-electron chi connectivity index (χ2n) is 9.66. The van der Waals surface area contributed by atoms with E-state index >= 15 is 0 Å². The molecule has 1 fully saturated rings. The number of nitrogens with zero attached hydrogens (tertiary/aromatic N) is 4. The van der Waals surface area contributed by atoms with Gasteiger partial charge in [-0.15, -0.1) is 0 Å². The van der Waals surface area contributed by atoms with Gasteiger partial charge in [-0.3, -0.25) is 9.59 Å². The number of imidazole rings is 1. The largest absolute Gasteiger partial charge is 0.383 e. The minimum atomic E-state index is -2.84. The van der Waals surface area contributed by atoms with Crippen LogP contribution in [0.3, 0.4) is 0 Å².